The Morgan fingerprint density at radius 3 is 2.88 bits per heavy atom. The first-order valence-electron chi connectivity index (χ1n) is 14.2. The number of hydrogen-bond donors (Lipinski definition) is 1. The molecule has 4 heteroatoms. The number of likely N-dealkylation sites (tertiary alicyclic amines) is 1. The van der Waals surface area contributed by atoms with Crippen LogP contribution in [-0.2, 0) is 4.74 Å². The number of rotatable bonds is 2. The van der Waals surface area contributed by atoms with E-state index < -0.39 is 0 Å². The fourth-order valence-corrected chi connectivity index (χ4v) is 12.5. The summed E-state index contributed by atoms with van der Waals surface area (Å²) in [5.74, 6) is 4.96. The fourth-order valence-electron chi connectivity index (χ4n) is 12.3. The van der Waals surface area contributed by atoms with Crippen molar-refractivity contribution in [2.45, 2.75) is 102 Å². The van der Waals surface area contributed by atoms with E-state index in [1.807, 2.05) is 0 Å². The molecule has 2 aliphatic heterocycles. The van der Waals surface area contributed by atoms with E-state index in [0.717, 1.165) is 48.4 Å². The van der Waals surface area contributed by atoms with Gasteiger partial charge in [-0.15, -0.1) is 11.6 Å². The number of nitrogens with zero attached hydrogens (tertiary/aromatic N) is 1. The summed E-state index contributed by atoms with van der Waals surface area (Å²) in [6, 6.07) is 0.635. The lowest BCUT2D eigenvalue weighted by atomic mass is 9.47. The van der Waals surface area contributed by atoms with E-state index in [9.17, 15) is 5.11 Å². The number of fused-ring (bicyclic) bond motifs is 6. The number of alkyl halides is 1. The molecule has 12 atom stereocenters. The summed E-state index contributed by atoms with van der Waals surface area (Å²) < 4.78 is 7.32. The van der Waals surface area contributed by atoms with E-state index in [0.29, 0.717) is 28.4 Å². The second-order valence-corrected chi connectivity index (χ2v) is 14.5. The van der Waals surface area contributed by atoms with Crippen LogP contribution in [0, 0.1) is 45.8 Å². The Kier molecular flexibility index (Phi) is 4.09. The van der Waals surface area contributed by atoms with E-state index in [1.54, 1.807) is 5.57 Å². The molecule has 3 nitrogen and oxygen atoms in total. The fraction of sp³-hybridized carbons (Fsp3) is 0.931. The summed E-state index contributed by atoms with van der Waals surface area (Å²) in [6.45, 7) is 7.25. The largest absolute Gasteiger partial charge is 0.389 e. The molecular formula is C29H42ClNO2. The highest BCUT2D eigenvalue weighted by Gasteiger charge is 2.91. The molecule has 8 rings (SSSR count). The molecule has 0 aromatic rings. The quantitative estimate of drug-likeness (QED) is 0.432. The van der Waals surface area contributed by atoms with E-state index in [1.165, 1.54) is 64.3 Å². The molecule has 0 bridgehead atoms. The second kappa shape index (κ2) is 6.42. The lowest BCUT2D eigenvalue weighted by Crippen LogP contribution is -2.64. The van der Waals surface area contributed by atoms with Gasteiger partial charge in [0, 0.05) is 36.3 Å². The molecule has 2 heterocycles. The molecule has 5 saturated carbocycles. The highest BCUT2D eigenvalue weighted by atomic mass is 35.5. The van der Waals surface area contributed by atoms with Crippen LogP contribution in [0.15, 0.2) is 11.6 Å². The standard InChI is InChI=1S/C29H42ClNO2/c1-17-11-24-25(31(15-17)10-9-30)23-14-28-16-27(28)13-22-20(21(27)6-8-29(23,28)33-24)4-3-18-12-19(32)5-7-26(18,22)2/h12,17,19-25,32H,3-11,13-16H2,1-2H3/t17-,19-,20-,21-,22-,23+,24+,25?,26-,27?,28?,29+/m0/s1. The molecule has 8 aliphatic rings. The Morgan fingerprint density at radius 1 is 1.15 bits per heavy atom. The Balaban J connectivity index is 1.13. The lowest BCUT2D eigenvalue weighted by Gasteiger charge is -2.60. The van der Waals surface area contributed by atoms with Crippen LogP contribution in [-0.4, -0.2) is 52.8 Å². The molecule has 3 spiro atoms. The van der Waals surface area contributed by atoms with Crippen LogP contribution >= 0.6 is 11.6 Å². The number of aliphatic hydroxyl groups is 1. The normalized spacial score (nSPS) is 62.5. The third-order valence-corrected chi connectivity index (χ3v) is 13.5. The van der Waals surface area contributed by atoms with Crippen molar-refractivity contribution in [2.24, 2.45) is 45.8 Å². The monoisotopic (exact) mass is 471 g/mol. The summed E-state index contributed by atoms with van der Waals surface area (Å²) >= 11 is 6.26. The van der Waals surface area contributed by atoms with Gasteiger partial charge in [-0.1, -0.05) is 25.5 Å². The van der Waals surface area contributed by atoms with Gasteiger partial charge in [0.25, 0.3) is 0 Å². The maximum atomic E-state index is 10.3. The average molecular weight is 472 g/mol. The van der Waals surface area contributed by atoms with Gasteiger partial charge < -0.3 is 9.84 Å². The molecule has 3 unspecified atom stereocenters. The van der Waals surface area contributed by atoms with Crippen molar-refractivity contribution < 1.29 is 9.84 Å². The van der Waals surface area contributed by atoms with Gasteiger partial charge in [0.15, 0.2) is 0 Å². The Bertz CT molecular complexity index is 921. The Labute approximate surface area is 204 Å². The van der Waals surface area contributed by atoms with Crippen molar-refractivity contribution in [1.82, 2.24) is 4.90 Å². The number of ether oxygens (including phenoxy) is 1. The Hall–Kier alpha value is -0.0900. The first kappa shape index (κ1) is 21.0. The molecule has 182 valence electrons. The van der Waals surface area contributed by atoms with Crippen molar-refractivity contribution in [3.8, 4) is 0 Å². The number of allylic oxidation sites excluding steroid dienone is 1. The van der Waals surface area contributed by atoms with Gasteiger partial charge in [0.05, 0.1) is 17.8 Å². The predicted molar refractivity (Wildman–Crippen MR) is 130 cm³/mol. The van der Waals surface area contributed by atoms with Crippen LogP contribution < -0.4 is 0 Å². The van der Waals surface area contributed by atoms with Gasteiger partial charge >= 0.3 is 0 Å². The van der Waals surface area contributed by atoms with Crippen LogP contribution in [0.3, 0.4) is 0 Å². The molecule has 0 aromatic carbocycles. The zero-order valence-corrected chi connectivity index (χ0v) is 21.3. The van der Waals surface area contributed by atoms with E-state index in [-0.39, 0.29) is 11.7 Å². The highest BCUT2D eigenvalue weighted by Crippen LogP contribution is 2.93. The molecule has 7 fully saturated rings. The minimum atomic E-state index is -0.192. The van der Waals surface area contributed by atoms with Crippen molar-refractivity contribution >= 4 is 11.6 Å². The molecule has 6 aliphatic carbocycles. The number of piperidine rings is 1. The number of aliphatic hydroxyl groups excluding tert-OH is 1. The zero-order chi connectivity index (χ0) is 22.4. The smallest absolute Gasteiger partial charge is 0.0793 e. The Morgan fingerprint density at radius 2 is 2.03 bits per heavy atom. The zero-order valence-electron chi connectivity index (χ0n) is 20.6. The summed E-state index contributed by atoms with van der Waals surface area (Å²) in [6.07, 6.45) is 15.7. The molecule has 2 saturated heterocycles. The van der Waals surface area contributed by atoms with E-state index in [2.05, 4.69) is 24.8 Å². The number of hydrogen-bond acceptors (Lipinski definition) is 3. The highest BCUT2D eigenvalue weighted by molar-refractivity contribution is 6.18. The summed E-state index contributed by atoms with van der Waals surface area (Å²) in [7, 11) is 0. The molecule has 0 amide bonds. The van der Waals surface area contributed by atoms with Crippen LogP contribution in [0.25, 0.3) is 0 Å². The summed E-state index contributed by atoms with van der Waals surface area (Å²) in [4.78, 5) is 2.74. The third kappa shape index (κ3) is 2.24. The van der Waals surface area contributed by atoms with E-state index in [4.69, 9.17) is 16.3 Å². The summed E-state index contributed by atoms with van der Waals surface area (Å²) in [5, 5.41) is 10.3. The van der Waals surface area contributed by atoms with Crippen LogP contribution in [0.1, 0.15) is 78.1 Å². The van der Waals surface area contributed by atoms with Crippen molar-refractivity contribution in [3.05, 3.63) is 11.6 Å². The summed E-state index contributed by atoms with van der Waals surface area (Å²) in [5.41, 5.74) is 3.26. The lowest BCUT2D eigenvalue weighted by molar-refractivity contribution is -0.211. The molecule has 0 radical (unpaired) electrons. The SMILES string of the molecule is C[C@H]1C[C@H]2O[C@@]34CC[C@H]5[C@@H]6CCC7=C[C@@H](O)CC[C@]7(C)[C@H]6CC56CC63C[C@@H]4C2N(CCCl)C1. The first-order chi connectivity index (χ1) is 15.9. The van der Waals surface area contributed by atoms with E-state index >= 15 is 0 Å². The van der Waals surface area contributed by atoms with Gasteiger partial charge in [0.1, 0.15) is 0 Å². The molecule has 0 aromatic heterocycles. The van der Waals surface area contributed by atoms with Crippen LogP contribution in [0.5, 0.6) is 0 Å². The van der Waals surface area contributed by atoms with Crippen molar-refractivity contribution in [1.29, 1.82) is 0 Å². The number of halogens is 1. The van der Waals surface area contributed by atoms with Gasteiger partial charge in [0.2, 0.25) is 0 Å². The molecule has 1 N–H and O–H groups in total. The minimum absolute atomic E-state index is 0.192. The van der Waals surface area contributed by atoms with Crippen LogP contribution in [0.4, 0.5) is 0 Å². The van der Waals surface area contributed by atoms with Gasteiger partial charge in [-0.25, -0.2) is 0 Å². The maximum absolute atomic E-state index is 10.3. The van der Waals surface area contributed by atoms with Crippen molar-refractivity contribution in [3.63, 3.8) is 0 Å². The molecule has 33 heavy (non-hydrogen) atoms. The average Bonchev–Trinajstić information content (AvgIpc) is 3.25. The predicted octanol–water partition coefficient (Wildman–Crippen LogP) is 5.40. The van der Waals surface area contributed by atoms with Crippen molar-refractivity contribution in [2.75, 3.05) is 19.0 Å². The first-order valence-corrected chi connectivity index (χ1v) is 14.8. The topological polar surface area (TPSA) is 32.7 Å². The maximum Gasteiger partial charge on any atom is 0.0793 e. The van der Waals surface area contributed by atoms with Crippen LogP contribution in [0.2, 0.25) is 0 Å². The molecular weight excluding hydrogens is 430 g/mol. The van der Waals surface area contributed by atoms with Gasteiger partial charge in [-0.2, -0.15) is 0 Å². The second-order valence-electron chi connectivity index (χ2n) is 14.2. The third-order valence-electron chi connectivity index (χ3n) is 13.4. The minimum Gasteiger partial charge on any atom is -0.389 e. The van der Waals surface area contributed by atoms with Gasteiger partial charge in [-0.3, -0.25) is 4.90 Å². The van der Waals surface area contributed by atoms with Gasteiger partial charge in [-0.05, 0) is 98.7 Å².